The molecule has 4 aliphatic rings. The van der Waals surface area contributed by atoms with E-state index in [0.29, 0.717) is 34.9 Å². The molecule has 12 bridgehead atoms. The molecule has 2 atom stereocenters. The minimum atomic E-state index is -0.963. The summed E-state index contributed by atoms with van der Waals surface area (Å²) in [5, 5.41) is 31.9. The average molecular weight is 757 g/mol. The van der Waals surface area contributed by atoms with Crippen LogP contribution in [0, 0.1) is 10.8 Å². The molecule has 0 spiro atoms. The molecule has 0 fully saturated rings. The Morgan fingerprint density at radius 1 is 0.632 bits per heavy atom. The maximum Gasteiger partial charge on any atom is 0.123 e. The SMILES string of the molecule is COc1cc(OC)cc(C2=c3ccc([nH]3)=C3C=C(C(C)(C)C)C=C(c4ccc5ccc6ccc(nc6c5n4)C4=CC(C(C)(C)C)=CC(=C5CC=C2N5)C4O)C3O)c1. The number of ether oxygens (including phenoxy) is 2. The summed E-state index contributed by atoms with van der Waals surface area (Å²) in [6, 6.07) is 22.2. The molecule has 2 aliphatic heterocycles. The highest BCUT2D eigenvalue weighted by Crippen LogP contribution is 2.42. The number of H-pyrrole nitrogens is 1. The van der Waals surface area contributed by atoms with Crippen molar-refractivity contribution < 1.29 is 19.7 Å². The zero-order chi connectivity index (χ0) is 40.0. The van der Waals surface area contributed by atoms with E-state index in [2.05, 4.69) is 113 Å². The molecule has 0 saturated carbocycles. The lowest BCUT2D eigenvalue weighted by atomic mass is 9.78. The van der Waals surface area contributed by atoms with Gasteiger partial charge in [0.1, 0.15) is 23.7 Å². The number of nitrogens with one attached hydrogen (secondary N) is 2. The smallest absolute Gasteiger partial charge is 0.123 e. The number of rotatable bonds is 3. The molecular weight excluding hydrogens is 709 g/mol. The average Bonchev–Trinajstić information content (AvgIpc) is 3.87. The van der Waals surface area contributed by atoms with Gasteiger partial charge in [-0.1, -0.05) is 96.2 Å². The molecule has 3 aromatic heterocycles. The van der Waals surface area contributed by atoms with Crippen molar-refractivity contribution in [3.8, 4) is 11.5 Å². The van der Waals surface area contributed by atoms with E-state index in [1.807, 2.05) is 36.4 Å². The lowest BCUT2D eigenvalue weighted by molar-refractivity contribution is 0.267. The van der Waals surface area contributed by atoms with Gasteiger partial charge in [-0.25, -0.2) is 9.97 Å². The Morgan fingerprint density at radius 3 is 1.68 bits per heavy atom. The van der Waals surface area contributed by atoms with Gasteiger partial charge >= 0.3 is 0 Å². The molecule has 2 aliphatic carbocycles. The van der Waals surface area contributed by atoms with Gasteiger partial charge in [0, 0.05) is 73.2 Å². The van der Waals surface area contributed by atoms with Crippen molar-refractivity contribution in [2.45, 2.75) is 60.2 Å². The highest BCUT2D eigenvalue weighted by atomic mass is 16.5. The van der Waals surface area contributed by atoms with Gasteiger partial charge < -0.3 is 30.0 Å². The van der Waals surface area contributed by atoms with Gasteiger partial charge in [0.15, 0.2) is 0 Å². The fourth-order valence-corrected chi connectivity index (χ4v) is 8.21. The Kier molecular flexibility index (Phi) is 8.57. The van der Waals surface area contributed by atoms with Crippen LogP contribution in [0.1, 0.15) is 64.9 Å². The first-order valence-corrected chi connectivity index (χ1v) is 19.5. The summed E-state index contributed by atoms with van der Waals surface area (Å²) in [5.74, 6) is 1.32. The van der Waals surface area contributed by atoms with E-state index in [0.717, 1.165) is 82.9 Å². The second-order valence-electron chi connectivity index (χ2n) is 17.4. The minimum absolute atomic E-state index is 0.208. The van der Waals surface area contributed by atoms with Crippen LogP contribution in [0.25, 0.3) is 44.1 Å². The first kappa shape index (κ1) is 36.7. The van der Waals surface area contributed by atoms with Crippen LogP contribution in [0.4, 0.5) is 0 Å². The van der Waals surface area contributed by atoms with Crippen molar-refractivity contribution >= 4 is 44.1 Å². The number of aliphatic hydroxyl groups excluding tert-OH is 2. The second-order valence-corrected chi connectivity index (χ2v) is 17.4. The molecular formula is C49H48N4O4. The van der Waals surface area contributed by atoms with Crippen molar-refractivity contribution in [1.29, 1.82) is 0 Å². The third-order valence-electron chi connectivity index (χ3n) is 11.6. The van der Waals surface area contributed by atoms with Gasteiger partial charge in [-0.3, -0.25) is 0 Å². The maximum absolute atomic E-state index is 12.3. The molecule has 2 aromatic carbocycles. The van der Waals surface area contributed by atoms with E-state index in [4.69, 9.17) is 19.4 Å². The van der Waals surface area contributed by atoms with Crippen LogP contribution in [0.15, 0.2) is 125 Å². The van der Waals surface area contributed by atoms with Gasteiger partial charge in [0.2, 0.25) is 0 Å². The topological polar surface area (TPSA) is 113 Å². The first-order chi connectivity index (χ1) is 27.2. The number of benzene rings is 2. The Hall–Kier alpha value is -5.96. The van der Waals surface area contributed by atoms with Crippen molar-refractivity contribution in [2.75, 3.05) is 14.2 Å². The molecule has 8 heteroatoms. The van der Waals surface area contributed by atoms with E-state index >= 15 is 0 Å². The number of pyridine rings is 2. The van der Waals surface area contributed by atoms with Gasteiger partial charge in [-0.15, -0.1) is 0 Å². The number of hydrogen-bond acceptors (Lipinski definition) is 7. The molecule has 0 amide bonds. The van der Waals surface area contributed by atoms with Crippen LogP contribution in [0.5, 0.6) is 11.5 Å². The number of aromatic amines is 1. The summed E-state index contributed by atoms with van der Waals surface area (Å²) in [6.07, 6.45) is 9.26. The number of aromatic nitrogens is 3. The zero-order valence-electron chi connectivity index (χ0n) is 33.7. The lowest BCUT2D eigenvalue weighted by Gasteiger charge is -2.30. The van der Waals surface area contributed by atoms with Crippen molar-refractivity contribution in [3.05, 3.63) is 153 Å². The Morgan fingerprint density at radius 2 is 1.14 bits per heavy atom. The summed E-state index contributed by atoms with van der Waals surface area (Å²) in [5.41, 5.74) is 11.1. The molecule has 288 valence electrons. The van der Waals surface area contributed by atoms with Gasteiger partial charge in [-0.05, 0) is 63.9 Å². The van der Waals surface area contributed by atoms with Crippen molar-refractivity contribution in [1.82, 2.24) is 20.3 Å². The monoisotopic (exact) mass is 756 g/mol. The summed E-state index contributed by atoms with van der Waals surface area (Å²) in [7, 11) is 3.30. The molecule has 8 nitrogen and oxygen atoms in total. The number of fused-ring (bicyclic) bond motifs is 12. The number of allylic oxidation sites excluding steroid dienone is 6. The van der Waals surface area contributed by atoms with Crippen LogP contribution in [0.2, 0.25) is 0 Å². The first-order valence-electron chi connectivity index (χ1n) is 19.5. The van der Waals surface area contributed by atoms with Crippen molar-refractivity contribution in [3.63, 3.8) is 0 Å². The summed E-state index contributed by atoms with van der Waals surface area (Å²) >= 11 is 0. The molecule has 4 N–H and O–H groups in total. The predicted octanol–water partition coefficient (Wildman–Crippen LogP) is 7.78. The van der Waals surface area contributed by atoms with E-state index in [1.54, 1.807) is 14.2 Å². The van der Waals surface area contributed by atoms with Gasteiger partial charge in [0.05, 0.1) is 36.6 Å². The Balaban J connectivity index is 1.39. The molecule has 57 heavy (non-hydrogen) atoms. The second kappa shape index (κ2) is 13.3. The third kappa shape index (κ3) is 6.33. The Labute approximate surface area is 332 Å². The molecule has 5 heterocycles. The number of aliphatic hydroxyl groups is 2. The summed E-state index contributed by atoms with van der Waals surface area (Å²) in [4.78, 5) is 14.3. The number of nitrogens with zero attached hydrogens (tertiary/aromatic N) is 2. The maximum atomic E-state index is 12.3. The van der Waals surface area contributed by atoms with E-state index in [9.17, 15) is 10.2 Å². The van der Waals surface area contributed by atoms with Crippen LogP contribution in [0.3, 0.4) is 0 Å². The molecule has 0 radical (unpaired) electrons. The fourth-order valence-electron chi connectivity index (χ4n) is 8.21. The fraction of sp³-hybridized carbons (Fsp3) is 0.265. The molecule has 5 aromatic rings. The summed E-state index contributed by atoms with van der Waals surface area (Å²) < 4.78 is 11.5. The Bertz CT molecular complexity index is 2850. The lowest BCUT2D eigenvalue weighted by Crippen LogP contribution is -2.27. The van der Waals surface area contributed by atoms with E-state index in [-0.39, 0.29) is 10.8 Å². The van der Waals surface area contributed by atoms with Crippen LogP contribution < -0.4 is 25.5 Å². The zero-order valence-corrected chi connectivity index (χ0v) is 33.7. The van der Waals surface area contributed by atoms with Crippen LogP contribution in [-0.4, -0.2) is 51.6 Å². The van der Waals surface area contributed by atoms with Crippen LogP contribution in [-0.2, 0) is 0 Å². The minimum Gasteiger partial charge on any atom is -0.497 e. The largest absolute Gasteiger partial charge is 0.497 e. The predicted molar refractivity (Wildman–Crippen MR) is 228 cm³/mol. The van der Waals surface area contributed by atoms with E-state index in [1.165, 1.54) is 0 Å². The highest BCUT2D eigenvalue weighted by Gasteiger charge is 2.32. The normalized spacial score (nSPS) is 19.5. The third-order valence-corrected chi connectivity index (χ3v) is 11.6. The number of methoxy groups -OCH3 is 2. The van der Waals surface area contributed by atoms with E-state index < -0.39 is 12.2 Å². The standard InChI is InChI=1S/C49H48N4O4/c1-48(2,3)29-21-33-37-15-17-41(50-37)43(28-19-31(56-7)25-32(20-28)57-8)42-18-16-38(51-42)34-22-30(49(4,5)6)24-36(47(34)55)40-14-12-27-10-9-26-11-13-39(35(23-29)46(33)54)52-44(26)45(27)53-40/h9-15,17-25,46-47,50-51,54-55H,16H2,1-8H3. The molecule has 9 rings (SSSR count). The van der Waals surface area contributed by atoms with Crippen molar-refractivity contribution in [2.24, 2.45) is 10.8 Å². The molecule has 0 saturated heterocycles. The van der Waals surface area contributed by atoms with Gasteiger partial charge in [-0.2, -0.15) is 0 Å². The van der Waals surface area contributed by atoms with Gasteiger partial charge in [0.25, 0.3) is 0 Å². The van der Waals surface area contributed by atoms with Crippen LogP contribution >= 0.6 is 0 Å². The number of hydrogen-bond donors (Lipinski definition) is 4. The highest BCUT2D eigenvalue weighted by molar-refractivity contribution is 6.04. The quantitative estimate of drug-likeness (QED) is 0.139. The molecule has 2 unspecified atom stereocenters. The summed E-state index contributed by atoms with van der Waals surface area (Å²) in [6.45, 7) is 13.1.